The van der Waals surface area contributed by atoms with Crippen molar-refractivity contribution in [3.05, 3.63) is 89.5 Å². The molecule has 9 N–H and O–H groups in total. The van der Waals surface area contributed by atoms with Crippen LogP contribution in [-0.4, -0.2) is 33.2 Å². The third-order valence-electron chi connectivity index (χ3n) is 3.57. The van der Waals surface area contributed by atoms with E-state index in [1.165, 1.54) is 18.2 Å². The van der Waals surface area contributed by atoms with Crippen LogP contribution in [0.15, 0.2) is 72.8 Å². The Labute approximate surface area is 208 Å². The van der Waals surface area contributed by atoms with Crippen molar-refractivity contribution in [2.45, 2.75) is 0 Å². The first-order valence-electron chi connectivity index (χ1n) is 8.38. The molecule has 0 atom stereocenters. The summed E-state index contributed by atoms with van der Waals surface area (Å²) in [5, 5.41) is 25.5. The van der Waals surface area contributed by atoms with Gasteiger partial charge in [0.2, 0.25) is 0 Å². The molecular formula is C21H21N3O6Tb. The smallest absolute Gasteiger partial charge is 0.337 e. The van der Waals surface area contributed by atoms with Crippen molar-refractivity contribution in [1.82, 2.24) is 0 Å². The predicted molar refractivity (Wildman–Crippen MR) is 113 cm³/mol. The molecule has 0 spiro atoms. The molecule has 3 aromatic rings. The minimum atomic E-state index is -0.988. The first-order valence-corrected chi connectivity index (χ1v) is 8.38. The summed E-state index contributed by atoms with van der Waals surface area (Å²) in [6.45, 7) is 0. The molecule has 9 nitrogen and oxygen atoms in total. The molecule has 165 valence electrons. The molecule has 0 amide bonds. The summed E-state index contributed by atoms with van der Waals surface area (Å²) in [4.78, 5) is 31.0. The SMILES string of the molecule is Nc1ccccc1C(=O)O.Nc1ccccc1C(=O)O.Nc1ccccc1C(=O)O.[Tb]. The molecule has 0 bridgehead atoms. The number of rotatable bonds is 3. The van der Waals surface area contributed by atoms with E-state index in [1.54, 1.807) is 54.6 Å². The van der Waals surface area contributed by atoms with Crippen molar-refractivity contribution >= 4 is 35.0 Å². The number of hydrogen-bond acceptors (Lipinski definition) is 6. The van der Waals surface area contributed by atoms with E-state index in [2.05, 4.69) is 0 Å². The van der Waals surface area contributed by atoms with Crippen LogP contribution in [-0.2, 0) is 0 Å². The Morgan fingerprint density at radius 1 is 0.484 bits per heavy atom. The van der Waals surface area contributed by atoms with Crippen LogP contribution in [0.2, 0.25) is 0 Å². The zero-order chi connectivity index (χ0) is 22.7. The van der Waals surface area contributed by atoms with E-state index in [1.807, 2.05) is 0 Å². The average Bonchev–Trinajstić information content (AvgIpc) is 2.69. The average molecular weight is 570 g/mol. The summed E-state index contributed by atoms with van der Waals surface area (Å²) < 4.78 is 0. The molecule has 31 heavy (non-hydrogen) atoms. The Balaban J connectivity index is 0.000000429. The van der Waals surface area contributed by atoms with Crippen LogP contribution in [0.25, 0.3) is 0 Å². The third-order valence-corrected chi connectivity index (χ3v) is 3.57. The monoisotopic (exact) mass is 570 g/mol. The van der Waals surface area contributed by atoms with Gasteiger partial charge in [0.15, 0.2) is 0 Å². The molecular weight excluding hydrogens is 549 g/mol. The predicted octanol–water partition coefficient (Wildman–Crippen LogP) is 2.90. The van der Waals surface area contributed by atoms with Gasteiger partial charge in [-0.2, -0.15) is 0 Å². The maximum absolute atomic E-state index is 10.3. The van der Waals surface area contributed by atoms with E-state index >= 15 is 0 Å². The van der Waals surface area contributed by atoms with Crippen LogP contribution in [0, 0.1) is 38.6 Å². The number of nitrogens with two attached hydrogens (primary N) is 3. The van der Waals surface area contributed by atoms with Crippen molar-refractivity contribution in [2.75, 3.05) is 17.2 Å². The molecule has 3 aromatic carbocycles. The topological polar surface area (TPSA) is 190 Å². The Morgan fingerprint density at radius 2 is 0.677 bits per heavy atom. The van der Waals surface area contributed by atoms with E-state index in [0.29, 0.717) is 17.1 Å². The van der Waals surface area contributed by atoms with Crippen LogP contribution in [0.4, 0.5) is 17.1 Å². The molecule has 0 aliphatic heterocycles. The van der Waals surface area contributed by atoms with E-state index < -0.39 is 17.9 Å². The summed E-state index contributed by atoms with van der Waals surface area (Å²) >= 11 is 0. The number of nitrogen functional groups attached to an aromatic ring is 3. The summed E-state index contributed by atoms with van der Waals surface area (Å²) in [7, 11) is 0. The van der Waals surface area contributed by atoms with Gasteiger partial charge < -0.3 is 32.5 Å². The Kier molecular flexibility index (Phi) is 12.4. The summed E-state index contributed by atoms with van der Waals surface area (Å²) in [6, 6.07) is 19.1. The van der Waals surface area contributed by atoms with Crippen molar-refractivity contribution in [1.29, 1.82) is 0 Å². The number of carboxylic acid groups (broad SMARTS) is 3. The molecule has 0 heterocycles. The second-order valence-corrected chi connectivity index (χ2v) is 5.68. The van der Waals surface area contributed by atoms with Gasteiger partial charge in [-0.1, -0.05) is 36.4 Å². The fourth-order valence-corrected chi connectivity index (χ4v) is 2.08. The molecule has 3 rings (SSSR count). The van der Waals surface area contributed by atoms with Gasteiger partial charge in [-0.25, -0.2) is 14.4 Å². The second kappa shape index (κ2) is 13.9. The van der Waals surface area contributed by atoms with Crippen LogP contribution < -0.4 is 17.2 Å². The van der Waals surface area contributed by atoms with Crippen LogP contribution in [0.5, 0.6) is 0 Å². The molecule has 0 fully saturated rings. The molecule has 0 aliphatic rings. The standard InChI is InChI=1S/3C7H7NO2.Tb/c3*8-6-4-2-1-3-5(6)7(9)10;/h3*1-4H,8H2,(H,9,10);. The minimum absolute atomic E-state index is 0. The zero-order valence-corrected chi connectivity index (χ0v) is 18.2. The third kappa shape index (κ3) is 9.40. The summed E-state index contributed by atoms with van der Waals surface area (Å²) in [6.07, 6.45) is 0. The van der Waals surface area contributed by atoms with E-state index in [0.717, 1.165) is 0 Å². The summed E-state index contributed by atoms with van der Waals surface area (Å²) in [5.41, 5.74) is 17.4. The first-order chi connectivity index (χ1) is 14.1. The van der Waals surface area contributed by atoms with Gasteiger partial charge in [0.1, 0.15) is 0 Å². The largest absolute Gasteiger partial charge is 0.478 e. The number of carbonyl (C=O) groups is 3. The molecule has 0 saturated carbocycles. The number of carboxylic acids is 3. The van der Waals surface area contributed by atoms with Gasteiger partial charge in [0.05, 0.1) is 16.7 Å². The molecule has 0 aliphatic carbocycles. The number of benzene rings is 3. The number of para-hydroxylation sites is 3. The Morgan fingerprint density at radius 3 is 0.806 bits per heavy atom. The normalized spacial score (nSPS) is 8.90. The van der Waals surface area contributed by atoms with Gasteiger partial charge >= 0.3 is 17.9 Å². The molecule has 0 unspecified atom stereocenters. The quantitative estimate of drug-likeness (QED) is 0.257. The number of hydrogen-bond donors (Lipinski definition) is 6. The number of aromatic carboxylic acids is 3. The van der Waals surface area contributed by atoms with Crippen molar-refractivity contribution in [3.8, 4) is 0 Å². The van der Waals surface area contributed by atoms with E-state index in [9.17, 15) is 14.4 Å². The van der Waals surface area contributed by atoms with E-state index in [-0.39, 0.29) is 55.3 Å². The van der Waals surface area contributed by atoms with Gasteiger partial charge in [0, 0.05) is 55.7 Å². The second-order valence-electron chi connectivity index (χ2n) is 5.68. The van der Waals surface area contributed by atoms with E-state index in [4.69, 9.17) is 32.5 Å². The van der Waals surface area contributed by atoms with Crippen molar-refractivity contribution in [2.24, 2.45) is 0 Å². The Hall–Kier alpha value is -3.24. The van der Waals surface area contributed by atoms with Crippen molar-refractivity contribution in [3.63, 3.8) is 0 Å². The fourth-order valence-electron chi connectivity index (χ4n) is 2.08. The number of anilines is 3. The van der Waals surface area contributed by atoms with Gasteiger partial charge in [-0.3, -0.25) is 0 Å². The molecule has 10 heteroatoms. The Bertz CT molecular complexity index is 911. The van der Waals surface area contributed by atoms with Gasteiger partial charge in [0.25, 0.3) is 0 Å². The van der Waals surface area contributed by atoms with Gasteiger partial charge in [-0.05, 0) is 36.4 Å². The first kappa shape index (κ1) is 27.8. The van der Waals surface area contributed by atoms with Crippen LogP contribution in [0.1, 0.15) is 31.1 Å². The fraction of sp³-hybridized carbons (Fsp3) is 0. The summed E-state index contributed by atoms with van der Waals surface area (Å²) in [5.74, 6) is -2.96. The van der Waals surface area contributed by atoms with Crippen LogP contribution in [0.3, 0.4) is 0 Å². The molecule has 1 radical (unpaired) electrons. The maximum Gasteiger partial charge on any atom is 0.337 e. The maximum atomic E-state index is 10.3. The molecule has 0 aromatic heterocycles. The van der Waals surface area contributed by atoms with Gasteiger partial charge in [-0.15, -0.1) is 0 Å². The minimum Gasteiger partial charge on any atom is -0.478 e. The van der Waals surface area contributed by atoms with Crippen LogP contribution >= 0.6 is 0 Å². The zero-order valence-electron chi connectivity index (χ0n) is 16.1. The molecule has 0 saturated heterocycles. The van der Waals surface area contributed by atoms with Crippen molar-refractivity contribution < 1.29 is 68.3 Å².